The number of aryl methyl sites for hydroxylation is 1. The van der Waals surface area contributed by atoms with Crippen LogP contribution in [0.25, 0.3) is 11.3 Å². The van der Waals surface area contributed by atoms with E-state index in [1.165, 1.54) is 0 Å². The molecule has 1 saturated heterocycles. The topological polar surface area (TPSA) is 120 Å². The van der Waals surface area contributed by atoms with Crippen molar-refractivity contribution in [2.24, 2.45) is 11.8 Å². The highest BCUT2D eigenvalue weighted by molar-refractivity contribution is 5.94. The zero-order chi connectivity index (χ0) is 35.4. The van der Waals surface area contributed by atoms with Gasteiger partial charge in [-0.25, -0.2) is 14.8 Å². The van der Waals surface area contributed by atoms with Crippen molar-refractivity contribution >= 4 is 17.8 Å². The number of rotatable bonds is 11. The van der Waals surface area contributed by atoms with Crippen molar-refractivity contribution in [2.75, 3.05) is 31.6 Å². The van der Waals surface area contributed by atoms with E-state index in [0.717, 1.165) is 54.1 Å². The van der Waals surface area contributed by atoms with Crippen molar-refractivity contribution in [3.8, 4) is 17.0 Å². The van der Waals surface area contributed by atoms with E-state index in [4.69, 9.17) is 33.6 Å². The normalized spacial score (nSPS) is 22.8. The van der Waals surface area contributed by atoms with Gasteiger partial charge in [-0.05, 0) is 102 Å². The predicted molar refractivity (Wildman–Crippen MR) is 190 cm³/mol. The first-order chi connectivity index (χ1) is 24.1. The van der Waals surface area contributed by atoms with Gasteiger partial charge in [0.25, 0.3) is 0 Å². The van der Waals surface area contributed by atoms with Gasteiger partial charge in [0.2, 0.25) is 5.91 Å². The third-order valence-corrected chi connectivity index (χ3v) is 10.4. The zero-order valence-electron chi connectivity index (χ0n) is 30.5. The Kier molecular flexibility index (Phi) is 11.4. The molecule has 0 spiro atoms. The number of ether oxygens (including phenoxy) is 3. The SMILES string of the molecule is COc1ccc([C@H]2CC[C@H](CN(c3cc(-c4coc(C(C)C)n4)ccn3)C(=O)[C@H]3CC[C@H](OC(=O)N4CC(OC(C)C)C4)CC3)CC2)nc1C. The third kappa shape index (κ3) is 8.48. The first-order valence-electron chi connectivity index (χ1n) is 18.4. The van der Waals surface area contributed by atoms with Crippen LogP contribution in [0.4, 0.5) is 10.6 Å². The van der Waals surface area contributed by atoms with Gasteiger partial charge in [-0.3, -0.25) is 14.7 Å². The number of methoxy groups -OCH3 is 1. The maximum absolute atomic E-state index is 14.4. The van der Waals surface area contributed by atoms with Gasteiger partial charge in [0.05, 0.1) is 38.1 Å². The van der Waals surface area contributed by atoms with Gasteiger partial charge >= 0.3 is 6.09 Å². The highest BCUT2D eigenvalue weighted by atomic mass is 16.6. The molecule has 2 saturated carbocycles. The molecule has 1 aliphatic heterocycles. The first-order valence-corrected chi connectivity index (χ1v) is 18.4. The molecule has 0 radical (unpaired) electrons. The summed E-state index contributed by atoms with van der Waals surface area (Å²) in [6.45, 7) is 11.8. The molecule has 50 heavy (non-hydrogen) atoms. The lowest BCUT2D eigenvalue weighted by Crippen LogP contribution is -2.56. The van der Waals surface area contributed by atoms with Crippen LogP contribution >= 0.6 is 0 Å². The molecule has 3 fully saturated rings. The lowest BCUT2D eigenvalue weighted by atomic mass is 9.79. The van der Waals surface area contributed by atoms with Crippen molar-refractivity contribution in [1.82, 2.24) is 19.9 Å². The number of carbonyl (C=O) groups is 2. The number of nitrogens with zero attached hydrogens (tertiary/aromatic N) is 5. The Balaban J connectivity index is 1.12. The molecule has 4 heterocycles. The summed E-state index contributed by atoms with van der Waals surface area (Å²) in [4.78, 5) is 45.0. The average Bonchev–Trinajstić information content (AvgIpc) is 3.60. The first kappa shape index (κ1) is 35.8. The second-order valence-electron chi connectivity index (χ2n) is 14.9. The number of pyridine rings is 2. The number of amides is 2. The monoisotopic (exact) mass is 687 g/mol. The quantitative estimate of drug-likeness (QED) is 0.200. The van der Waals surface area contributed by atoms with Gasteiger partial charge in [0.1, 0.15) is 29.6 Å². The summed E-state index contributed by atoms with van der Waals surface area (Å²) in [5.41, 5.74) is 3.64. The standard InChI is InChI=1S/C39H53N5O6/c1-24(2)37-42-34(23-48-37)30-17-18-40-36(19-30)44(20-27-7-9-28(10-8-27)33-15-16-35(47-6)26(5)41-33)38(45)29-11-13-31(14-12-29)50-39(46)43-21-32(22-43)49-25(3)4/h15-19,23-25,27-29,31-32H,7-14,20-22H2,1-6H3/t27-,28-,29-,31-. The molecule has 0 N–H and O–H groups in total. The van der Waals surface area contributed by atoms with Crippen LogP contribution < -0.4 is 9.64 Å². The summed E-state index contributed by atoms with van der Waals surface area (Å²) in [6, 6.07) is 7.98. The number of hydrogen-bond donors (Lipinski definition) is 0. The Morgan fingerprint density at radius 3 is 2.34 bits per heavy atom. The van der Waals surface area contributed by atoms with Gasteiger partial charge in [-0.2, -0.15) is 0 Å². The second kappa shape index (κ2) is 15.9. The maximum atomic E-state index is 14.4. The lowest BCUT2D eigenvalue weighted by molar-refractivity contribution is -0.124. The molecule has 2 aliphatic carbocycles. The minimum Gasteiger partial charge on any atom is -0.495 e. The Morgan fingerprint density at radius 1 is 0.960 bits per heavy atom. The minimum absolute atomic E-state index is 0.0777. The fourth-order valence-corrected chi connectivity index (χ4v) is 7.54. The highest BCUT2D eigenvalue weighted by Crippen LogP contribution is 2.38. The van der Waals surface area contributed by atoms with E-state index >= 15 is 0 Å². The van der Waals surface area contributed by atoms with Crippen molar-refractivity contribution in [1.29, 1.82) is 0 Å². The van der Waals surface area contributed by atoms with Crippen LogP contribution in [0.1, 0.15) is 108 Å². The van der Waals surface area contributed by atoms with Crippen LogP contribution in [-0.4, -0.2) is 76.9 Å². The fraction of sp³-hybridized carbons (Fsp3) is 0.615. The summed E-state index contributed by atoms with van der Waals surface area (Å²) in [6.07, 6.45) is 9.91. The van der Waals surface area contributed by atoms with Crippen LogP contribution in [0.15, 0.2) is 41.1 Å². The number of aromatic nitrogens is 3. The molecule has 0 bridgehead atoms. The molecule has 2 amide bonds. The molecule has 0 aromatic carbocycles. The minimum atomic E-state index is -0.282. The third-order valence-electron chi connectivity index (χ3n) is 10.4. The predicted octanol–water partition coefficient (Wildman–Crippen LogP) is 7.68. The Hall–Kier alpha value is -3.99. The molecule has 0 atom stereocenters. The van der Waals surface area contributed by atoms with E-state index in [9.17, 15) is 9.59 Å². The van der Waals surface area contributed by atoms with Crippen molar-refractivity contribution < 1.29 is 28.2 Å². The fourth-order valence-electron chi connectivity index (χ4n) is 7.54. The van der Waals surface area contributed by atoms with Gasteiger partial charge in [-0.1, -0.05) is 13.8 Å². The lowest BCUT2D eigenvalue weighted by Gasteiger charge is -2.40. The van der Waals surface area contributed by atoms with Crippen LogP contribution in [0.2, 0.25) is 0 Å². The summed E-state index contributed by atoms with van der Waals surface area (Å²) >= 11 is 0. The largest absolute Gasteiger partial charge is 0.495 e. The molecule has 11 nitrogen and oxygen atoms in total. The molecule has 6 rings (SSSR count). The van der Waals surface area contributed by atoms with Crippen LogP contribution in [0.5, 0.6) is 5.75 Å². The number of carbonyl (C=O) groups excluding carboxylic acids is 2. The van der Waals surface area contributed by atoms with E-state index in [0.29, 0.717) is 68.9 Å². The average molecular weight is 688 g/mol. The van der Waals surface area contributed by atoms with Crippen LogP contribution in [0.3, 0.4) is 0 Å². The van der Waals surface area contributed by atoms with Crippen molar-refractivity contribution in [3.05, 3.63) is 54.0 Å². The van der Waals surface area contributed by atoms with Crippen LogP contribution in [0, 0.1) is 18.8 Å². The number of hydrogen-bond acceptors (Lipinski definition) is 9. The molecule has 3 aromatic heterocycles. The summed E-state index contributed by atoms with van der Waals surface area (Å²) < 4.78 is 22.8. The number of anilines is 1. The Bertz CT molecular complexity index is 1600. The van der Waals surface area contributed by atoms with Gasteiger partial charge in [-0.15, -0.1) is 0 Å². The van der Waals surface area contributed by atoms with E-state index in [1.54, 1.807) is 24.5 Å². The molecular weight excluding hydrogens is 634 g/mol. The summed E-state index contributed by atoms with van der Waals surface area (Å²) in [7, 11) is 1.68. The van der Waals surface area contributed by atoms with Gasteiger partial charge in [0, 0.05) is 41.8 Å². The molecule has 0 unspecified atom stereocenters. The molecule has 11 heteroatoms. The van der Waals surface area contributed by atoms with Gasteiger partial charge < -0.3 is 23.5 Å². The number of likely N-dealkylation sites (tertiary alicyclic amines) is 1. The smallest absolute Gasteiger partial charge is 0.410 e. The van der Waals surface area contributed by atoms with Crippen molar-refractivity contribution in [3.63, 3.8) is 0 Å². The Labute approximate surface area is 296 Å². The van der Waals surface area contributed by atoms with E-state index in [1.807, 2.05) is 57.7 Å². The Morgan fingerprint density at radius 2 is 1.70 bits per heavy atom. The highest BCUT2D eigenvalue weighted by Gasteiger charge is 2.37. The zero-order valence-corrected chi connectivity index (χ0v) is 30.5. The second-order valence-corrected chi connectivity index (χ2v) is 14.9. The van der Waals surface area contributed by atoms with Gasteiger partial charge in [0.15, 0.2) is 5.89 Å². The summed E-state index contributed by atoms with van der Waals surface area (Å²) in [5.74, 6) is 2.97. The van der Waals surface area contributed by atoms with E-state index < -0.39 is 0 Å². The molecule has 270 valence electrons. The summed E-state index contributed by atoms with van der Waals surface area (Å²) in [5, 5.41) is 0. The van der Waals surface area contributed by atoms with E-state index in [-0.39, 0.29) is 42.1 Å². The molecule has 3 aromatic rings. The molecular formula is C39H53N5O6. The molecule has 3 aliphatic rings. The van der Waals surface area contributed by atoms with Crippen LogP contribution in [-0.2, 0) is 14.3 Å². The maximum Gasteiger partial charge on any atom is 0.410 e. The van der Waals surface area contributed by atoms with E-state index in [2.05, 4.69) is 6.07 Å². The number of oxazole rings is 1. The van der Waals surface area contributed by atoms with Crippen molar-refractivity contribution in [2.45, 2.75) is 116 Å².